The topological polar surface area (TPSA) is 84.3 Å². The molecule has 1 N–H and O–H groups in total. The summed E-state index contributed by atoms with van der Waals surface area (Å²) in [6.07, 6.45) is 8.37. The molecule has 7 heterocycles. The molecule has 3 fully saturated rings. The fourth-order valence-corrected chi connectivity index (χ4v) is 6.29. The molecule has 0 aromatic carbocycles. The van der Waals surface area contributed by atoms with Crippen LogP contribution in [0.3, 0.4) is 0 Å². The second kappa shape index (κ2) is 7.78. The molecule has 0 spiro atoms. The molecule has 174 valence electrons. The van der Waals surface area contributed by atoms with Gasteiger partial charge < -0.3 is 14.4 Å². The minimum atomic E-state index is 0.298. The second-order valence-corrected chi connectivity index (χ2v) is 10.1. The quantitative estimate of drug-likeness (QED) is 0.657. The molecule has 0 radical (unpaired) electrons. The molecular weight excluding hydrogens is 418 g/mol. The normalized spacial score (nSPS) is 30.2. The summed E-state index contributed by atoms with van der Waals surface area (Å²) in [5.41, 5.74) is 3.40. The largest absolute Gasteiger partial charge is 0.377 e. The molecule has 0 aliphatic carbocycles. The van der Waals surface area contributed by atoms with Crippen LogP contribution in [0.1, 0.15) is 43.9 Å². The van der Waals surface area contributed by atoms with E-state index in [1.165, 1.54) is 23.8 Å². The van der Waals surface area contributed by atoms with Crippen molar-refractivity contribution in [2.24, 2.45) is 0 Å². The Hall–Kier alpha value is -2.49. The number of pyridine rings is 1. The highest BCUT2D eigenvalue weighted by Gasteiger charge is 2.38. The van der Waals surface area contributed by atoms with Gasteiger partial charge in [0.05, 0.1) is 43.4 Å². The SMILES string of the molecule is C[C@@H]1COCCN1c1cc2c3c(nn(-c4ccn[nH]4)c3n1)CCN(C1CC3CCC(C1)O3)C2. The Labute approximate surface area is 193 Å². The molecule has 3 saturated heterocycles. The van der Waals surface area contributed by atoms with Crippen molar-refractivity contribution in [2.45, 2.75) is 69.9 Å². The Morgan fingerprint density at radius 2 is 2.03 bits per heavy atom. The Morgan fingerprint density at radius 3 is 2.82 bits per heavy atom. The first-order chi connectivity index (χ1) is 16.2. The molecule has 4 aliphatic heterocycles. The number of ether oxygens (including phenoxy) is 2. The molecule has 0 amide bonds. The zero-order valence-corrected chi connectivity index (χ0v) is 19.1. The van der Waals surface area contributed by atoms with Crippen LogP contribution in [-0.4, -0.2) is 80.5 Å². The van der Waals surface area contributed by atoms with Crippen LogP contribution < -0.4 is 4.90 Å². The van der Waals surface area contributed by atoms with Crippen molar-refractivity contribution in [3.63, 3.8) is 0 Å². The molecule has 3 aromatic rings. The van der Waals surface area contributed by atoms with Gasteiger partial charge in [0.25, 0.3) is 0 Å². The lowest BCUT2D eigenvalue weighted by atomic mass is 10.0. The van der Waals surface area contributed by atoms with Crippen molar-refractivity contribution in [3.8, 4) is 5.82 Å². The third-order valence-electron chi connectivity index (χ3n) is 7.95. The van der Waals surface area contributed by atoms with Gasteiger partial charge >= 0.3 is 0 Å². The van der Waals surface area contributed by atoms with Crippen LogP contribution in [0, 0.1) is 0 Å². The van der Waals surface area contributed by atoms with Gasteiger partial charge in [-0.3, -0.25) is 10.00 Å². The van der Waals surface area contributed by atoms with E-state index in [1.54, 1.807) is 6.20 Å². The first-order valence-electron chi connectivity index (χ1n) is 12.4. The van der Waals surface area contributed by atoms with E-state index in [4.69, 9.17) is 19.6 Å². The van der Waals surface area contributed by atoms with Crippen LogP contribution >= 0.6 is 0 Å². The number of H-pyrrole nitrogens is 1. The second-order valence-electron chi connectivity index (χ2n) is 10.1. The van der Waals surface area contributed by atoms with Gasteiger partial charge in [-0.05, 0) is 44.2 Å². The molecule has 3 aromatic heterocycles. The maximum atomic E-state index is 6.14. The fraction of sp³-hybridized carbons (Fsp3) is 0.625. The van der Waals surface area contributed by atoms with E-state index in [0.717, 1.165) is 75.1 Å². The van der Waals surface area contributed by atoms with Gasteiger partial charge in [-0.25, -0.2) is 4.98 Å². The summed E-state index contributed by atoms with van der Waals surface area (Å²) in [6, 6.07) is 5.16. The predicted octanol–water partition coefficient (Wildman–Crippen LogP) is 2.44. The molecule has 9 heteroatoms. The van der Waals surface area contributed by atoms with Crippen LogP contribution in [0.2, 0.25) is 0 Å². The van der Waals surface area contributed by atoms with Crippen molar-refractivity contribution >= 4 is 16.9 Å². The highest BCUT2D eigenvalue weighted by molar-refractivity contribution is 5.86. The van der Waals surface area contributed by atoms with Gasteiger partial charge in [-0.2, -0.15) is 14.9 Å². The molecule has 9 nitrogen and oxygen atoms in total. The predicted molar refractivity (Wildman–Crippen MR) is 124 cm³/mol. The maximum absolute atomic E-state index is 6.14. The molecule has 3 atom stereocenters. The smallest absolute Gasteiger partial charge is 0.167 e. The first kappa shape index (κ1) is 19.9. The average molecular weight is 450 g/mol. The summed E-state index contributed by atoms with van der Waals surface area (Å²) in [5.74, 6) is 1.88. The van der Waals surface area contributed by atoms with E-state index in [1.807, 2.05) is 10.7 Å². The summed E-state index contributed by atoms with van der Waals surface area (Å²) in [5, 5.41) is 13.5. The monoisotopic (exact) mass is 449 g/mol. The number of morpholine rings is 1. The number of nitrogens with zero attached hydrogens (tertiary/aromatic N) is 6. The Morgan fingerprint density at radius 1 is 1.15 bits per heavy atom. The van der Waals surface area contributed by atoms with Gasteiger partial charge in [0.2, 0.25) is 0 Å². The lowest BCUT2D eigenvalue weighted by molar-refractivity contribution is -0.0377. The fourth-order valence-electron chi connectivity index (χ4n) is 6.29. The first-order valence-corrected chi connectivity index (χ1v) is 12.4. The van der Waals surface area contributed by atoms with Crippen LogP contribution in [0.4, 0.5) is 5.82 Å². The number of hydrogen-bond acceptors (Lipinski definition) is 7. The molecule has 4 aliphatic rings. The number of rotatable bonds is 3. The summed E-state index contributed by atoms with van der Waals surface area (Å²) < 4.78 is 13.8. The van der Waals surface area contributed by atoms with E-state index < -0.39 is 0 Å². The minimum Gasteiger partial charge on any atom is -0.377 e. The van der Waals surface area contributed by atoms with Gasteiger partial charge in [-0.15, -0.1) is 0 Å². The number of nitrogens with one attached hydrogen (secondary N) is 1. The van der Waals surface area contributed by atoms with E-state index in [2.05, 4.69) is 33.0 Å². The van der Waals surface area contributed by atoms with E-state index >= 15 is 0 Å². The average Bonchev–Trinajstić information content (AvgIpc) is 3.52. The molecular formula is C24H31N7O2. The number of aromatic amines is 1. The zero-order chi connectivity index (χ0) is 21.9. The zero-order valence-electron chi connectivity index (χ0n) is 19.1. The van der Waals surface area contributed by atoms with Crippen LogP contribution in [0.15, 0.2) is 18.3 Å². The van der Waals surface area contributed by atoms with Gasteiger partial charge in [0, 0.05) is 43.5 Å². The van der Waals surface area contributed by atoms with E-state index in [-0.39, 0.29) is 0 Å². The standard InChI is InChI=1S/C24H31N7O2/c1-15-14-32-9-8-30(15)22-10-16-13-29(17-11-18-2-3-19(12-17)33-18)7-5-20-23(16)24(26-22)31(28-20)21-4-6-25-27-21/h4,6,10,15,17-19H,2-3,5,7-9,11-14H2,1H3,(H,25,27)/t15-,17?,18?,19?/m1/s1. The lowest BCUT2D eigenvalue weighted by Crippen LogP contribution is -2.44. The highest BCUT2D eigenvalue weighted by atomic mass is 16.5. The van der Waals surface area contributed by atoms with Crippen LogP contribution in [-0.2, 0) is 22.4 Å². The summed E-state index contributed by atoms with van der Waals surface area (Å²) in [6.45, 7) is 6.51. The van der Waals surface area contributed by atoms with Crippen LogP contribution in [0.25, 0.3) is 16.9 Å². The van der Waals surface area contributed by atoms with E-state index in [9.17, 15) is 0 Å². The molecule has 7 rings (SSSR count). The molecule has 0 saturated carbocycles. The number of fused-ring (bicyclic) bond motifs is 2. The third kappa shape index (κ3) is 3.36. The Balaban J connectivity index is 1.32. The summed E-state index contributed by atoms with van der Waals surface area (Å²) >= 11 is 0. The maximum Gasteiger partial charge on any atom is 0.167 e. The number of anilines is 1. The minimum absolute atomic E-state index is 0.298. The number of hydrogen-bond donors (Lipinski definition) is 1. The molecule has 33 heavy (non-hydrogen) atoms. The van der Waals surface area contributed by atoms with Gasteiger partial charge in [-0.1, -0.05) is 0 Å². The molecule has 2 unspecified atom stereocenters. The highest BCUT2D eigenvalue weighted by Crippen LogP contribution is 2.38. The van der Waals surface area contributed by atoms with E-state index in [0.29, 0.717) is 24.3 Å². The molecule has 2 bridgehead atoms. The van der Waals surface area contributed by atoms with Crippen molar-refractivity contribution in [1.82, 2.24) is 29.9 Å². The number of aromatic nitrogens is 5. The van der Waals surface area contributed by atoms with Gasteiger partial charge in [0.15, 0.2) is 11.5 Å². The summed E-state index contributed by atoms with van der Waals surface area (Å²) in [4.78, 5) is 10.2. The van der Waals surface area contributed by atoms with Crippen molar-refractivity contribution < 1.29 is 9.47 Å². The van der Waals surface area contributed by atoms with Crippen molar-refractivity contribution in [2.75, 3.05) is 31.2 Å². The Kier molecular flexibility index (Phi) is 4.70. The third-order valence-corrected chi connectivity index (χ3v) is 7.95. The summed E-state index contributed by atoms with van der Waals surface area (Å²) in [7, 11) is 0. The van der Waals surface area contributed by atoms with Crippen LogP contribution in [0.5, 0.6) is 0 Å². The van der Waals surface area contributed by atoms with Crippen molar-refractivity contribution in [3.05, 3.63) is 29.6 Å². The van der Waals surface area contributed by atoms with Gasteiger partial charge in [0.1, 0.15) is 5.82 Å². The Bertz CT molecular complexity index is 1150. The lowest BCUT2D eigenvalue weighted by Gasteiger charge is -2.37. The van der Waals surface area contributed by atoms with Crippen molar-refractivity contribution in [1.29, 1.82) is 0 Å².